The molecular formula is C32H27N5O4S2. The van der Waals surface area contributed by atoms with Crippen molar-refractivity contribution in [2.75, 3.05) is 11.5 Å². The van der Waals surface area contributed by atoms with E-state index in [1.54, 1.807) is 60.0 Å². The molecule has 2 aromatic carbocycles. The van der Waals surface area contributed by atoms with Gasteiger partial charge < -0.3 is 9.84 Å². The van der Waals surface area contributed by atoms with E-state index in [4.69, 9.17) is 4.74 Å². The maximum absolute atomic E-state index is 13.7. The Kier molecular flexibility index (Phi) is 7.83. The number of aliphatic hydroxyl groups is 1. The molecule has 1 fully saturated rings. The summed E-state index contributed by atoms with van der Waals surface area (Å²) in [4.78, 5) is 33.3. The predicted octanol–water partition coefficient (Wildman–Crippen LogP) is 6.29. The molecular weight excluding hydrogens is 583 g/mol. The quantitative estimate of drug-likeness (QED) is 0.0519. The number of aromatic nitrogens is 4. The number of fused-ring (bicyclic) bond motifs is 1. The molecule has 1 atom stereocenters. The molecule has 9 nitrogen and oxygen atoms in total. The molecule has 11 heteroatoms. The molecule has 1 N–H and O–H groups in total. The number of anilines is 1. The van der Waals surface area contributed by atoms with Gasteiger partial charge in [-0.1, -0.05) is 83.8 Å². The standard InChI is InChI=1S/C32H27N5O4S2/c1-4-16-41-23-9-7-8-22(17-23)27-25(28(38)26-20(3)33-24-10-5-6-15-36(24)26)29(39)30(40)37(27)31-34-35-32(43-31)42-18-21-13-11-19(2)12-14-21/h4-15,17,27,38H,1,16,18H2,2-3H3. The zero-order valence-electron chi connectivity index (χ0n) is 23.4. The van der Waals surface area contributed by atoms with Gasteiger partial charge in [-0.05, 0) is 49.2 Å². The van der Waals surface area contributed by atoms with Gasteiger partial charge in [0.15, 0.2) is 10.1 Å². The topological polar surface area (TPSA) is 110 Å². The largest absolute Gasteiger partial charge is 0.505 e. The number of hydrogen-bond acceptors (Lipinski definition) is 9. The minimum atomic E-state index is -0.983. The number of thioether (sulfide) groups is 1. The molecule has 43 heavy (non-hydrogen) atoms. The summed E-state index contributed by atoms with van der Waals surface area (Å²) in [5, 5.41) is 20.6. The first-order valence-corrected chi connectivity index (χ1v) is 15.3. The van der Waals surface area contributed by atoms with Crippen LogP contribution in [0.1, 0.15) is 34.1 Å². The molecule has 0 saturated carbocycles. The van der Waals surface area contributed by atoms with Gasteiger partial charge in [-0.2, -0.15) is 0 Å². The van der Waals surface area contributed by atoms with Crippen LogP contribution in [-0.4, -0.2) is 43.0 Å². The molecule has 1 unspecified atom stereocenters. The van der Waals surface area contributed by atoms with Gasteiger partial charge in [0.2, 0.25) is 5.13 Å². The number of benzene rings is 2. The molecule has 1 aliphatic heterocycles. The number of aliphatic hydroxyl groups excluding tert-OH is 1. The summed E-state index contributed by atoms with van der Waals surface area (Å²) in [6.45, 7) is 7.77. The van der Waals surface area contributed by atoms with Crippen molar-refractivity contribution in [2.45, 2.75) is 30.0 Å². The molecule has 216 valence electrons. The van der Waals surface area contributed by atoms with Crippen molar-refractivity contribution < 1.29 is 19.4 Å². The summed E-state index contributed by atoms with van der Waals surface area (Å²) in [5.41, 5.74) is 4.27. The van der Waals surface area contributed by atoms with E-state index < -0.39 is 17.7 Å². The molecule has 1 aliphatic rings. The third-order valence-electron chi connectivity index (χ3n) is 7.00. The van der Waals surface area contributed by atoms with Crippen molar-refractivity contribution in [1.29, 1.82) is 0 Å². The number of aryl methyl sites for hydroxylation is 2. The third-order valence-corrected chi connectivity index (χ3v) is 9.13. The van der Waals surface area contributed by atoms with Crippen LogP contribution in [0, 0.1) is 13.8 Å². The predicted molar refractivity (Wildman–Crippen MR) is 167 cm³/mol. The molecule has 0 radical (unpaired) electrons. The molecule has 5 aromatic rings. The van der Waals surface area contributed by atoms with Crippen LogP contribution in [0.2, 0.25) is 0 Å². The number of hydrogen-bond donors (Lipinski definition) is 1. The van der Waals surface area contributed by atoms with Crippen LogP contribution in [0.15, 0.2) is 95.5 Å². The van der Waals surface area contributed by atoms with Gasteiger partial charge in [0.05, 0.1) is 17.3 Å². The second-order valence-electron chi connectivity index (χ2n) is 9.94. The molecule has 1 amide bonds. The number of Topliss-reactive ketones (excluding diaryl/α,β-unsaturated/α-hetero) is 1. The average Bonchev–Trinajstić information content (AvgIpc) is 3.69. The summed E-state index contributed by atoms with van der Waals surface area (Å²) < 4.78 is 8.10. The number of carbonyl (C=O) groups excluding carboxylic acids is 2. The molecule has 0 bridgehead atoms. The maximum Gasteiger partial charge on any atom is 0.301 e. The normalized spacial score (nSPS) is 16.2. The Balaban J connectivity index is 1.44. The van der Waals surface area contributed by atoms with Crippen LogP contribution in [0.4, 0.5) is 5.13 Å². The molecule has 1 saturated heterocycles. The van der Waals surface area contributed by atoms with Crippen molar-refractivity contribution in [3.63, 3.8) is 0 Å². The van der Waals surface area contributed by atoms with Crippen molar-refractivity contribution >= 4 is 51.3 Å². The summed E-state index contributed by atoms with van der Waals surface area (Å²) in [6.07, 6.45) is 3.38. The summed E-state index contributed by atoms with van der Waals surface area (Å²) in [6, 6.07) is 19.8. The Morgan fingerprint density at radius 3 is 2.70 bits per heavy atom. The van der Waals surface area contributed by atoms with Gasteiger partial charge in [0.25, 0.3) is 5.78 Å². The third kappa shape index (κ3) is 5.44. The second kappa shape index (κ2) is 11.9. The van der Waals surface area contributed by atoms with Crippen molar-refractivity contribution in [3.05, 3.63) is 119 Å². The highest BCUT2D eigenvalue weighted by Crippen LogP contribution is 2.45. The monoisotopic (exact) mass is 609 g/mol. The molecule has 4 heterocycles. The highest BCUT2D eigenvalue weighted by Gasteiger charge is 2.49. The van der Waals surface area contributed by atoms with E-state index in [9.17, 15) is 14.7 Å². The lowest BCUT2D eigenvalue weighted by molar-refractivity contribution is -0.132. The first-order valence-electron chi connectivity index (χ1n) is 13.5. The van der Waals surface area contributed by atoms with E-state index in [-0.39, 0.29) is 23.1 Å². The van der Waals surface area contributed by atoms with Crippen LogP contribution < -0.4 is 9.64 Å². The Hall–Kier alpha value is -4.74. The van der Waals surface area contributed by atoms with Crippen LogP contribution in [0.25, 0.3) is 11.4 Å². The van der Waals surface area contributed by atoms with Crippen LogP contribution in [0.3, 0.4) is 0 Å². The fraction of sp³-hybridized carbons (Fsp3) is 0.156. The lowest BCUT2D eigenvalue weighted by Crippen LogP contribution is -2.29. The lowest BCUT2D eigenvalue weighted by Gasteiger charge is -2.23. The number of amides is 1. The van der Waals surface area contributed by atoms with Crippen LogP contribution in [0.5, 0.6) is 5.75 Å². The Morgan fingerprint density at radius 1 is 1.09 bits per heavy atom. The number of pyridine rings is 1. The van der Waals surface area contributed by atoms with E-state index in [1.165, 1.54) is 33.6 Å². The smallest absolute Gasteiger partial charge is 0.301 e. The number of rotatable bonds is 9. The average molecular weight is 610 g/mol. The van der Waals surface area contributed by atoms with E-state index in [2.05, 4.69) is 46.0 Å². The van der Waals surface area contributed by atoms with E-state index in [0.717, 1.165) is 5.56 Å². The molecule has 0 aliphatic carbocycles. The number of imidazole rings is 1. The zero-order valence-corrected chi connectivity index (χ0v) is 25.1. The Morgan fingerprint density at radius 2 is 1.91 bits per heavy atom. The fourth-order valence-electron chi connectivity index (χ4n) is 4.99. The zero-order chi connectivity index (χ0) is 30.1. The molecule has 0 spiro atoms. The first kappa shape index (κ1) is 28.4. The highest BCUT2D eigenvalue weighted by atomic mass is 32.2. The lowest BCUT2D eigenvalue weighted by atomic mass is 9.96. The van der Waals surface area contributed by atoms with Gasteiger partial charge in [0, 0.05) is 11.9 Å². The minimum absolute atomic E-state index is 0.0660. The van der Waals surface area contributed by atoms with Crippen LogP contribution >= 0.6 is 23.1 Å². The van der Waals surface area contributed by atoms with Crippen LogP contribution in [-0.2, 0) is 15.3 Å². The van der Waals surface area contributed by atoms with Crippen molar-refractivity contribution in [2.24, 2.45) is 0 Å². The maximum atomic E-state index is 13.7. The molecule has 3 aromatic heterocycles. The summed E-state index contributed by atoms with van der Waals surface area (Å²) in [5.74, 6) is -0.748. The van der Waals surface area contributed by atoms with Gasteiger partial charge in [-0.25, -0.2) is 4.98 Å². The fourth-order valence-corrected chi connectivity index (χ4v) is 6.81. The number of nitrogens with zero attached hydrogens (tertiary/aromatic N) is 5. The van der Waals surface area contributed by atoms with Gasteiger partial charge in [0.1, 0.15) is 23.7 Å². The van der Waals surface area contributed by atoms with Crippen molar-refractivity contribution in [3.8, 4) is 5.75 Å². The summed E-state index contributed by atoms with van der Waals surface area (Å²) >= 11 is 2.72. The second-order valence-corrected chi connectivity index (χ2v) is 12.1. The highest BCUT2D eigenvalue weighted by molar-refractivity contribution is 8.00. The van der Waals surface area contributed by atoms with Gasteiger partial charge >= 0.3 is 5.91 Å². The first-order chi connectivity index (χ1) is 20.9. The van der Waals surface area contributed by atoms with E-state index >= 15 is 0 Å². The van der Waals surface area contributed by atoms with Gasteiger partial charge in [-0.15, -0.1) is 10.2 Å². The molecule has 6 rings (SSSR count). The minimum Gasteiger partial charge on any atom is -0.505 e. The van der Waals surface area contributed by atoms with E-state index in [1.807, 2.05) is 13.0 Å². The Labute approximate surface area is 256 Å². The summed E-state index contributed by atoms with van der Waals surface area (Å²) in [7, 11) is 0. The van der Waals surface area contributed by atoms with Gasteiger partial charge in [-0.3, -0.25) is 18.9 Å². The van der Waals surface area contributed by atoms with Crippen molar-refractivity contribution in [1.82, 2.24) is 19.6 Å². The number of carbonyl (C=O) groups is 2. The number of ether oxygens (including phenoxy) is 1. The number of ketones is 1. The SMILES string of the molecule is C=CCOc1cccc(C2C(=C(O)c3c(C)nc4ccccn34)C(=O)C(=O)N2c2nnc(SCc3ccc(C)cc3)s2)c1. The Bertz CT molecular complexity index is 1890. The van der Waals surface area contributed by atoms with E-state index in [0.29, 0.717) is 38.4 Å².